The smallest absolute Gasteiger partial charge is 0.0791 e. The highest BCUT2D eigenvalue weighted by molar-refractivity contribution is 5.41. The molecule has 5 atom stereocenters. The minimum Gasteiger partial charge on any atom is -0.390 e. The van der Waals surface area contributed by atoms with E-state index in [1.807, 2.05) is 13.8 Å². The Kier molecular flexibility index (Phi) is 7.19. The summed E-state index contributed by atoms with van der Waals surface area (Å²) in [7, 11) is 0. The summed E-state index contributed by atoms with van der Waals surface area (Å²) in [6.45, 7) is 17.0. The van der Waals surface area contributed by atoms with Crippen LogP contribution in [0.25, 0.3) is 0 Å². The van der Waals surface area contributed by atoms with Crippen LogP contribution in [-0.4, -0.2) is 21.9 Å². The van der Waals surface area contributed by atoms with Crippen LogP contribution in [0.2, 0.25) is 0 Å². The molecule has 4 unspecified atom stereocenters. The van der Waals surface area contributed by atoms with E-state index in [2.05, 4.69) is 39.2 Å². The van der Waals surface area contributed by atoms with Crippen LogP contribution < -0.4 is 0 Å². The zero-order valence-corrected chi connectivity index (χ0v) is 19.8. The molecule has 3 saturated carbocycles. The van der Waals surface area contributed by atoms with Crippen molar-refractivity contribution >= 4 is 0 Å². The van der Waals surface area contributed by atoms with E-state index in [-0.39, 0.29) is 0 Å². The van der Waals surface area contributed by atoms with Crippen molar-refractivity contribution in [2.24, 2.45) is 23.2 Å². The van der Waals surface area contributed by atoms with Gasteiger partial charge in [-0.1, -0.05) is 57.6 Å². The van der Waals surface area contributed by atoms with E-state index in [9.17, 15) is 10.2 Å². The summed E-state index contributed by atoms with van der Waals surface area (Å²) in [5.74, 6) is 2.20. The van der Waals surface area contributed by atoms with Gasteiger partial charge < -0.3 is 10.2 Å². The molecule has 0 heterocycles. The highest BCUT2D eigenvalue weighted by Gasteiger charge is 2.50. The summed E-state index contributed by atoms with van der Waals surface area (Å²) in [4.78, 5) is 0. The first-order valence-corrected chi connectivity index (χ1v) is 12.2. The topological polar surface area (TPSA) is 40.5 Å². The molecule has 3 aliphatic rings. The van der Waals surface area contributed by atoms with E-state index in [0.717, 1.165) is 42.2 Å². The molecule has 2 heteroatoms. The van der Waals surface area contributed by atoms with Gasteiger partial charge in [-0.25, -0.2) is 0 Å². The molecule has 3 fully saturated rings. The Balaban J connectivity index is 1.69. The second-order valence-electron chi connectivity index (χ2n) is 11.4. The lowest BCUT2D eigenvalue weighted by Gasteiger charge is -2.44. The number of allylic oxidation sites excluding steroid dienone is 4. The van der Waals surface area contributed by atoms with Crippen molar-refractivity contribution < 1.29 is 10.2 Å². The first-order chi connectivity index (χ1) is 14.0. The number of rotatable bonds is 6. The molecule has 3 rings (SSSR count). The third-order valence-electron chi connectivity index (χ3n) is 8.45. The summed E-state index contributed by atoms with van der Waals surface area (Å²) < 4.78 is 0. The standard InChI is InChI=1S/C28H44O2/c1-19(9-7-15-27(4,5)30)24-13-14-25-22(10-8-16-28(24,25)6)11-12-23-18-26(29)21(3)17-20(23)2/h11-12,19,24-26,29-30H,2-3,7-10,13-18H2,1,4-6H3/b22-11+,23-12+/t19?,24-,25?,26?,28?/m1/s1. The molecule has 3 aliphatic carbocycles. The molecule has 2 N–H and O–H groups in total. The summed E-state index contributed by atoms with van der Waals surface area (Å²) in [6, 6.07) is 0. The predicted octanol–water partition coefficient (Wildman–Crippen LogP) is 6.90. The highest BCUT2D eigenvalue weighted by Crippen LogP contribution is 2.60. The van der Waals surface area contributed by atoms with E-state index in [1.165, 1.54) is 44.1 Å². The van der Waals surface area contributed by atoms with Crippen LogP contribution in [0.15, 0.2) is 47.6 Å². The van der Waals surface area contributed by atoms with Crippen LogP contribution in [0, 0.1) is 23.2 Å². The molecular formula is C28H44O2. The van der Waals surface area contributed by atoms with Gasteiger partial charge in [0, 0.05) is 6.42 Å². The van der Waals surface area contributed by atoms with Crippen molar-refractivity contribution in [3.05, 3.63) is 47.6 Å². The second-order valence-corrected chi connectivity index (χ2v) is 11.4. The first-order valence-electron chi connectivity index (χ1n) is 12.2. The molecule has 0 aromatic rings. The van der Waals surface area contributed by atoms with Crippen molar-refractivity contribution in [3.63, 3.8) is 0 Å². The third kappa shape index (κ3) is 5.19. The first kappa shape index (κ1) is 23.5. The average molecular weight is 413 g/mol. The molecule has 30 heavy (non-hydrogen) atoms. The van der Waals surface area contributed by atoms with Gasteiger partial charge in [0.25, 0.3) is 0 Å². The van der Waals surface area contributed by atoms with Crippen LogP contribution >= 0.6 is 0 Å². The Morgan fingerprint density at radius 2 is 1.97 bits per heavy atom. The van der Waals surface area contributed by atoms with Crippen LogP contribution in [0.3, 0.4) is 0 Å². The Hall–Kier alpha value is -1.12. The van der Waals surface area contributed by atoms with Gasteiger partial charge in [0.2, 0.25) is 0 Å². The van der Waals surface area contributed by atoms with Crippen LogP contribution in [0.4, 0.5) is 0 Å². The van der Waals surface area contributed by atoms with Crippen molar-refractivity contribution in [2.75, 3.05) is 0 Å². The molecule has 0 radical (unpaired) electrons. The molecule has 2 nitrogen and oxygen atoms in total. The third-order valence-corrected chi connectivity index (χ3v) is 8.45. The van der Waals surface area contributed by atoms with Crippen molar-refractivity contribution in [3.8, 4) is 0 Å². The monoisotopic (exact) mass is 412 g/mol. The normalized spacial score (nSPS) is 36.4. The van der Waals surface area contributed by atoms with E-state index in [4.69, 9.17) is 0 Å². The number of hydrogen-bond acceptors (Lipinski definition) is 2. The molecule has 0 saturated heterocycles. The molecule has 168 valence electrons. The molecule has 0 spiro atoms. The fourth-order valence-corrected chi connectivity index (χ4v) is 6.67. The second kappa shape index (κ2) is 9.17. The fraction of sp³-hybridized carbons (Fsp3) is 0.714. The van der Waals surface area contributed by atoms with Gasteiger partial charge >= 0.3 is 0 Å². The summed E-state index contributed by atoms with van der Waals surface area (Å²) in [5.41, 5.74) is 4.70. The molecule has 0 amide bonds. The largest absolute Gasteiger partial charge is 0.390 e. The van der Waals surface area contributed by atoms with Gasteiger partial charge in [0.15, 0.2) is 0 Å². The zero-order valence-electron chi connectivity index (χ0n) is 19.8. The maximum atomic E-state index is 10.2. The maximum absolute atomic E-state index is 10.2. The molecule has 0 aliphatic heterocycles. The maximum Gasteiger partial charge on any atom is 0.0791 e. The van der Waals surface area contributed by atoms with Gasteiger partial charge in [-0.3, -0.25) is 0 Å². The van der Waals surface area contributed by atoms with E-state index in [1.54, 1.807) is 5.57 Å². The number of fused-ring (bicyclic) bond motifs is 1. The summed E-state index contributed by atoms with van der Waals surface area (Å²) in [6.07, 6.45) is 15.3. The van der Waals surface area contributed by atoms with E-state index in [0.29, 0.717) is 17.8 Å². The lowest BCUT2D eigenvalue weighted by Crippen LogP contribution is -2.36. The minimum atomic E-state index is -0.543. The highest BCUT2D eigenvalue weighted by atomic mass is 16.3. The zero-order chi connectivity index (χ0) is 22.1. The molecule has 0 bridgehead atoms. The molecular weight excluding hydrogens is 368 g/mol. The minimum absolute atomic E-state index is 0.411. The van der Waals surface area contributed by atoms with E-state index >= 15 is 0 Å². The Morgan fingerprint density at radius 3 is 2.67 bits per heavy atom. The lowest BCUT2D eigenvalue weighted by atomic mass is 9.60. The van der Waals surface area contributed by atoms with Crippen molar-refractivity contribution in [2.45, 2.75) is 104 Å². The average Bonchev–Trinajstić information content (AvgIpc) is 3.00. The van der Waals surface area contributed by atoms with Gasteiger partial charge in [-0.15, -0.1) is 0 Å². The van der Waals surface area contributed by atoms with Gasteiger partial charge in [0.1, 0.15) is 0 Å². The number of hydrogen-bond donors (Lipinski definition) is 2. The predicted molar refractivity (Wildman–Crippen MR) is 127 cm³/mol. The Bertz CT molecular complexity index is 719. The number of aliphatic hydroxyl groups excluding tert-OH is 1. The quantitative estimate of drug-likeness (QED) is 0.466. The Labute approximate surface area is 184 Å². The van der Waals surface area contributed by atoms with Gasteiger partial charge in [-0.05, 0) is 98.7 Å². The molecule has 0 aromatic heterocycles. The van der Waals surface area contributed by atoms with Gasteiger partial charge in [-0.2, -0.15) is 0 Å². The van der Waals surface area contributed by atoms with E-state index < -0.39 is 11.7 Å². The fourth-order valence-electron chi connectivity index (χ4n) is 6.67. The van der Waals surface area contributed by atoms with Crippen LogP contribution in [-0.2, 0) is 0 Å². The summed E-state index contributed by atoms with van der Waals surface area (Å²) >= 11 is 0. The van der Waals surface area contributed by atoms with Crippen LogP contribution in [0.5, 0.6) is 0 Å². The van der Waals surface area contributed by atoms with Gasteiger partial charge in [0.05, 0.1) is 11.7 Å². The lowest BCUT2D eigenvalue weighted by molar-refractivity contribution is 0.0596. The van der Waals surface area contributed by atoms with Crippen LogP contribution in [0.1, 0.15) is 91.9 Å². The number of aliphatic hydroxyl groups is 2. The molecule has 0 aromatic carbocycles. The van der Waals surface area contributed by atoms with Crippen molar-refractivity contribution in [1.29, 1.82) is 0 Å². The SMILES string of the molecule is C=C1CC(=C)C(O)C/C1=C\C=C1/CCCC2(C)C1CC[C@@H]2C(C)CCCC(C)(C)O. The Morgan fingerprint density at radius 1 is 1.23 bits per heavy atom. The summed E-state index contributed by atoms with van der Waals surface area (Å²) in [5, 5.41) is 20.2. The van der Waals surface area contributed by atoms with Crippen molar-refractivity contribution in [1.82, 2.24) is 0 Å².